The third kappa shape index (κ3) is 5.59. The van der Waals surface area contributed by atoms with Crippen LogP contribution >= 0.6 is 0 Å². The van der Waals surface area contributed by atoms with Gasteiger partial charge in [0.15, 0.2) is 0 Å². The van der Waals surface area contributed by atoms with E-state index in [1.807, 2.05) is 13.0 Å². The first kappa shape index (κ1) is 24.9. The molecule has 0 bridgehead atoms. The van der Waals surface area contributed by atoms with Crippen LogP contribution in [0.4, 0.5) is 0 Å². The minimum Gasteiger partial charge on any atom is -0.478 e. The van der Waals surface area contributed by atoms with Crippen LogP contribution in [-0.4, -0.2) is 48.4 Å². The van der Waals surface area contributed by atoms with Gasteiger partial charge in [-0.3, -0.25) is 4.79 Å². The number of methoxy groups -OCH3 is 1. The second kappa shape index (κ2) is 10.4. The first-order chi connectivity index (χ1) is 16.1. The molecule has 0 spiro atoms. The van der Waals surface area contributed by atoms with Crippen LogP contribution in [0.2, 0.25) is 0 Å². The maximum absolute atomic E-state index is 13.5. The summed E-state index contributed by atoms with van der Waals surface area (Å²) in [6.07, 6.45) is 0. The summed E-state index contributed by atoms with van der Waals surface area (Å²) in [7, 11) is -3.09. The van der Waals surface area contributed by atoms with Gasteiger partial charge in [0.05, 0.1) is 29.3 Å². The number of para-hydroxylation sites is 1. The predicted molar refractivity (Wildman–Crippen MR) is 123 cm³/mol. The lowest BCUT2D eigenvalue weighted by atomic mass is 10.1. The molecule has 0 fully saturated rings. The van der Waals surface area contributed by atoms with Crippen molar-refractivity contribution in [2.75, 3.05) is 13.7 Å². The van der Waals surface area contributed by atoms with Crippen LogP contribution in [0.25, 0.3) is 0 Å². The summed E-state index contributed by atoms with van der Waals surface area (Å²) in [6, 6.07) is 16.3. The number of benzene rings is 2. The topological polar surface area (TPSA) is 123 Å². The van der Waals surface area contributed by atoms with Gasteiger partial charge < -0.3 is 14.6 Å². The van der Waals surface area contributed by atoms with Crippen LogP contribution in [0.5, 0.6) is 11.6 Å². The highest BCUT2D eigenvalue weighted by Gasteiger charge is 2.35. The molecule has 0 saturated heterocycles. The molecule has 0 aliphatic rings. The average molecular weight is 485 g/mol. The van der Waals surface area contributed by atoms with Crippen LogP contribution in [-0.2, 0) is 19.6 Å². The summed E-state index contributed by atoms with van der Waals surface area (Å²) >= 11 is 0. The van der Waals surface area contributed by atoms with Crippen LogP contribution in [0.15, 0.2) is 71.6 Å². The van der Waals surface area contributed by atoms with Crippen LogP contribution < -0.4 is 4.74 Å². The van der Waals surface area contributed by atoms with Gasteiger partial charge in [0.2, 0.25) is 15.9 Å². The lowest BCUT2D eigenvalue weighted by molar-refractivity contribution is -0.141. The Hall–Kier alpha value is -3.76. The van der Waals surface area contributed by atoms with Gasteiger partial charge in [0, 0.05) is 6.07 Å². The molecule has 34 heavy (non-hydrogen) atoms. The minimum absolute atomic E-state index is 0.0533. The van der Waals surface area contributed by atoms with Crippen LogP contribution in [0.3, 0.4) is 0 Å². The SMILES string of the molecule is COC(=O)CN(C(C)c1nc(Oc2ccccc2)ccc1C(=O)O)S(=O)(=O)c1ccc(C)cc1. The number of hydrogen-bond acceptors (Lipinski definition) is 7. The first-order valence-electron chi connectivity index (χ1n) is 10.3. The number of esters is 1. The maximum Gasteiger partial charge on any atom is 0.337 e. The smallest absolute Gasteiger partial charge is 0.337 e. The van der Waals surface area contributed by atoms with Crippen LogP contribution in [0, 0.1) is 6.92 Å². The minimum atomic E-state index is -4.23. The molecule has 1 unspecified atom stereocenters. The van der Waals surface area contributed by atoms with E-state index in [1.54, 1.807) is 36.4 Å². The Balaban J connectivity index is 2.09. The highest BCUT2D eigenvalue weighted by Crippen LogP contribution is 2.31. The quantitative estimate of drug-likeness (QED) is 0.455. The van der Waals surface area contributed by atoms with Gasteiger partial charge in [0.25, 0.3) is 0 Å². The van der Waals surface area contributed by atoms with Crippen LogP contribution in [0.1, 0.15) is 34.6 Å². The number of sulfonamides is 1. The molecular formula is C24H24N2O7S. The lowest BCUT2D eigenvalue weighted by Crippen LogP contribution is -2.39. The monoisotopic (exact) mass is 484 g/mol. The number of rotatable bonds is 9. The molecule has 0 radical (unpaired) electrons. The number of nitrogens with zero attached hydrogens (tertiary/aromatic N) is 2. The molecule has 0 aliphatic carbocycles. The summed E-state index contributed by atoms with van der Waals surface area (Å²) in [5.74, 6) is -1.57. The summed E-state index contributed by atoms with van der Waals surface area (Å²) < 4.78 is 38.2. The standard InChI is InChI=1S/C24H24N2O7S/c1-16-9-11-19(12-10-16)34(30,31)26(15-22(27)32-3)17(2)23-20(24(28)29)13-14-21(25-23)33-18-7-5-4-6-8-18/h4-14,17H,15H2,1-3H3,(H,28,29). The fourth-order valence-corrected chi connectivity index (χ4v) is 4.77. The lowest BCUT2D eigenvalue weighted by Gasteiger charge is -2.28. The number of carboxylic acid groups (broad SMARTS) is 1. The Morgan fingerprint density at radius 2 is 1.68 bits per heavy atom. The summed E-state index contributed by atoms with van der Waals surface area (Å²) in [4.78, 5) is 28.3. The maximum atomic E-state index is 13.5. The summed E-state index contributed by atoms with van der Waals surface area (Å²) in [6.45, 7) is 2.63. The van der Waals surface area contributed by atoms with Gasteiger partial charge in [-0.05, 0) is 44.2 Å². The van der Waals surface area contributed by atoms with E-state index in [1.165, 1.54) is 31.2 Å². The van der Waals surface area contributed by atoms with Gasteiger partial charge >= 0.3 is 11.9 Å². The molecule has 178 valence electrons. The number of carboxylic acids is 1. The van der Waals surface area contributed by atoms with Gasteiger partial charge in [0.1, 0.15) is 12.3 Å². The number of aromatic nitrogens is 1. The molecular weight excluding hydrogens is 460 g/mol. The molecule has 1 atom stereocenters. The van der Waals surface area contributed by atoms with Gasteiger partial charge in [-0.15, -0.1) is 0 Å². The molecule has 3 rings (SSSR count). The predicted octanol–water partition coefficient (Wildman–Crippen LogP) is 3.81. The zero-order chi connectivity index (χ0) is 24.9. The van der Waals surface area contributed by atoms with E-state index in [9.17, 15) is 23.1 Å². The average Bonchev–Trinajstić information content (AvgIpc) is 2.82. The molecule has 0 aliphatic heterocycles. The van der Waals surface area contributed by atoms with Gasteiger partial charge in [-0.25, -0.2) is 18.2 Å². The molecule has 9 nitrogen and oxygen atoms in total. The van der Waals surface area contributed by atoms with Gasteiger partial charge in [-0.2, -0.15) is 4.31 Å². The molecule has 3 aromatic rings. The third-order valence-corrected chi connectivity index (χ3v) is 6.99. The number of carbonyl (C=O) groups is 2. The Morgan fingerprint density at radius 1 is 1.03 bits per heavy atom. The van der Waals surface area contributed by atoms with E-state index in [2.05, 4.69) is 4.98 Å². The van der Waals surface area contributed by atoms with E-state index in [0.717, 1.165) is 17.0 Å². The third-order valence-electron chi connectivity index (χ3n) is 5.06. The fourth-order valence-electron chi connectivity index (χ4n) is 3.23. The van der Waals surface area contributed by atoms with Crippen molar-refractivity contribution >= 4 is 22.0 Å². The van der Waals surface area contributed by atoms with Crippen molar-refractivity contribution in [2.24, 2.45) is 0 Å². The van der Waals surface area contributed by atoms with E-state index >= 15 is 0 Å². The zero-order valence-electron chi connectivity index (χ0n) is 18.8. The molecule has 1 aromatic heterocycles. The molecule has 1 heterocycles. The molecule has 1 N–H and O–H groups in total. The largest absolute Gasteiger partial charge is 0.478 e. The first-order valence-corrected chi connectivity index (χ1v) is 11.7. The number of aryl methyl sites for hydroxylation is 1. The summed E-state index contributed by atoms with van der Waals surface area (Å²) in [5, 5.41) is 9.71. The molecule has 2 aromatic carbocycles. The van der Waals surface area contributed by atoms with Crippen molar-refractivity contribution < 1.29 is 32.6 Å². The molecule has 0 amide bonds. The van der Waals surface area contributed by atoms with Crippen molar-refractivity contribution in [1.29, 1.82) is 0 Å². The van der Waals surface area contributed by atoms with Gasteiger partial charge in [-0.1, -0.05) is 35.9 Å². The van der Waals surface area contributed by atoms with Crippen molar-refractivity contribution in [3.8, 4) is 11.6 Å². The number of aromatic carboxylic acids is 1. The Labute approximate surface area is 197 Å². The van der Waals surface area contributed by atoms with Crippen molar-refractivity contribution in [3.63, 3.8) is 0 Å². The number of pyridine rings is 1. The summed E-state index contributed by atoms with van der Waals surface area (Å²) in [5.41, 5.74) is 0.550. The van der Waals surface area contributed by atoms with E-state index in [0.29, 0.717) is 5.75 Å². The Morgan fingerprint density at radius 3 is 2.26 bits per heavy atom. The van der Waals surface area contributed by atoms with Crippen molar-refractivity contribution in [2.45, 2.75) is 24.8 Å². The normalized spacial score (nSPS) is 12.2. The van der Waals surface area contributed by atoms with Crippen molar-refractivity contribution in [3.05, 3.63) is 83.6 Å². The van der Waals surface area contributed by atoms with Crippen molar-refractivity contribution in [1.82, 2.24) is 9.29 Å². The van der Waals surface area contributed by atoms with E-state index in [4.69, 9.17) is 9.47 Å². The Kier molecular flexibility index (Phi) is 7.64. The van der Waals surface area contributed by atoms with E-state index < -0.39 is 34.5 Å². The second-order valence-electron chi connectivity index (χ2n) is 7.42. The van der Waals surface area contributed by atoms with E-state index in [-0.39, 0.29) is 22.0 Å². The number of ether oxygens (including phenoxy) is 2. The fraction of sp³-hybridized carbons (Fsp3) is 0.208. The molecule has 10 heteroatoms. The molecule has 0 saturated carbocycles. The zero-order valence-corrected chi connectivity index (χ0v) is 19.7. The highest BCUT2D eigenvalue weighted by atomic mass is 32.2. The Bertz CT molecular complexity index is 1280. The highest BCUT2D eigenvalue weighted by molar-refractivity contribution is 7.89. The number of hydrogen-bond donors (Lipinski definition) is 1. The second-order valence-corrected chi connectivity index (χ2v) is 9.31. The number of carbonyl (C=O) groups excluding carboxylic acids is 1.